The third-order valence-corrected chi connectivity index (χ3v) is 7.11. The second-order valence-electron chi connectivity index (χ2n) is 8.10. The average molecular weight is 519 g/mol. The Morgan fingerprint density at radius 3 is 2.36 bits per heavy atom. The number of benzene rings is 2. The van der Waals surface area contributed by atoms with Gasteiger partial charge in [0.05, 0.1) is 29.2 Å². The second kappa shape index (κ2) is 8.65. The van der Waals surface area contributed by atoms with Crippen molar-refractivity contribution in [2.75, 3.05) is 4.90 Å². The van der Waals surface area contributed by atoms with Gasteiger partial charge in [-0.3, -0.25) is 4.98 Å². The molecule has 5 nitrogen and oxygen atoms in total. The van der Waals surface area contributed by atoms with E-state index < -0.39 is 0 Å². The molecule has 0 amide bonds. The first kappa shape index (κ1) is 21.7. The molecule has 3 heterocycles. The summed E-state index contributed by atoms with van der Waals surface area (Å²) in [7, 11) is 0. The lowest BCUT2D eigenvalue weighted by Gasteiger charge is -2.28. The topological polar surface area (TPSA) is 53.3 Å². The summed E-state index contributed by atoms with van der Waals surface area (Å²) in [5.74, 6) is 0.188. The highest BCUT2D eigenvalue weighted by molar-refractivity contribution is 9.10. The lowest BCUT2D eigenvalue weighted by molar-refractivity contribution is 0.472. The fourth-order valence-electron chi connectivity index (χ4n) is 4.69. The summed E-state index contributed by atoms with van der Waals surface area (Å²) in [5.41, 5.74) is 5.99. The SMILES string of the molecule is Cc1cc([C@@H]2[C@H](c3ccccn3)NC(=S)N2c2ccccc2O)c(C)n1-c1ccccc1Br. The number of nitrogens with one attached hydrogen (secondary N) is 1. The Morgan fingerprint density at radius 1 is 0.970 bits per heavy atom. The normalized spacial score (nSPS) is 17.9. The van der Waals surface area contributed by atoms with Gasteiger partial charge in [-0.05, 0) is 90.0 Å². The Morgan fingerprint density at radius 2 is 1.67 bits per heavy atom. The van der Waals surface area contributed by atoms with Crippen LogP contribution in [-0.4, -0.2) is 19.8 Å². The molecule has 2 aromatic carbocycles. The summed E-state index contributed by atoms with van der Waals surface area (Å²) in [5, 5.41) is 14.7. The maximum absolute atomic E-state index is 10.7. The monoisotopic (exact) mass is 518 g/mol. The molecule has 1 aliphatic rings. The number of thiocarbonyl (C=S) groups is 1. The van der Waals surface area contributed by atoms with Gasteiger partial charge >= 0.3 is 0 Å². The molecule has 1 saturated heterocycles. The number of halogens is 1. The standard InChI is InChI=1S/C26H23BrN4OS/c1-16-15-18(17(2)30(16)21-11-4-3-9-19(21)27)25-24(20-10-7-8-14-28-20)29-26(33)31(25)22-12-5-6-13-23(22)32/h3-15,24-25,32H,1-2H3,(H,29,33)/t24-,25+/m0/s1. The van der Waals surface area contributed by atoms with Gasteiger partial charge in [-0.1, -0.05) is 30.3 Å². The molecule has 2 atom stereocenters. The number of nitrogens with zero attached hydrogens (tertiary/aromatic N) is 3. The van der Waals surface area contributed by atoms with Crippen molar-refractivity contribution in [3.63, 3.8) is 0 Å². The Bertz CT molecular complexity index is 1340. The maximum Gasteiger partial charge on any atom is 0.174 e. The van der Waals surface area contributed by atoms with Crippen LogP contribution in [0, 0.1) is 13.8 Å². The fourth-order valence-corrected chi connectivity index (χ4v) is 5.49. The van der Waals surface area contributed by atoms with Gasteiger partial charge < -0.3 is 19.9 Å². The van der Waals surface area contributed by atoms with E-state index in [1.165, 1.54) is 0 Å². The number of aryl methyl sites for hydroxylation is 1. The van der Waals surface area contributed by atoms with Crippen LogP contribution in [0.2, 0.25) is 0 Å². The van der Waals surface area contributed by atoms with Crippen molar-refractivity contribution in [1.29, 1.82) is 0 Å². The van der Waals surface area contributed by atoms with E-state index in [0.717, 1.165) is 32.8 Å². The molecule has 7 heteroatoms. The Labute approximate surface area is 206 Å². The first-order valence-electron chi connectivity index (χ1n) is 10.7. The number of anilines is 1. The minimum atomic E-state index is -0.192. The zero-order chi connectivity index (χ0) is 23.1. The van der Waals surface area contributed by atoms with Crippen LogP contribution < -0.4 is 10.2 Å². The molecule has 0 aliphatic carbocycles. The minimum Gasteiger partial charge on any atom is -0.506 e. The highest BCUT2D eigenvalue weighted by Gasteiger charge is 2.43. The van der Waals surface area contributed by atoms with Crippen LogP contribution in [0.4, 0.5) is 5.69 Å². The summed E-state index contributed by atoms with van der Waals surface area (Å²) in [6.45, 7) is 4.23. The van der Waals surface area contributed by atoms with Crippen molar-refractivity contribution < 1.29 is 5.11 Å². The predicted molar refractivity (Wildman–Crippen MR) is 139 cm³/mol. The molecule has 0 spiro atoms. The Hall–Kier alpha value is -3.16. The molecule has 2 aromatic heterocycles. The number of hydrogen-bond acceptors (Lipinski definition) is 3. The van der Waals surface area contributed by atoms with Crippen molar-refractivity contribution in [2.45, 2.75) is 25.9 Å². The molecule has 5 rings (SSSR count). The third kappa shape index (κ3) is 3.71. The zero-order valence-electron chi connectivity index (χ0n) is 18.2. The van der Waals surface area contributed by atoms with Crippen LogP contribution in [0.25, 0.3) is 5.69 Å². The second-order valence-corrected chi connectivity index (χ2v) is 9.34. The van der Waals surface area contributed by atoms with Crippen molar-refractivity contribution in [2.24, 2.45) is 0 Å². The van der Waals surface area contributed by atoms with Crippen LogP contribution >= 0.6 is 28.1 Å². The van der Waals surface area contributed by atoms with Gasteiger partial charge in [-0.25, -0.2) is 0 Å². The Kier molecular flexibility index (Phi) is 5.68. The number of hydrogen-bond donors (Lipinski definition) is 2. The van der Waals surface area contributed by atoms with Gasteiger partial charge in [0.15, 0.2) is 5.11 Å². The summed E-state index contributed by atoms with van der Waals surface area (Å²) in [4.78, 5) is 6.64. The quantitative estimate of drug-likeness (QED) is 0.318. The number of phenolic OH excluding ortho intramolecular Hbond substituents is 1. The molecule has 0 bridgehead atoms. The smallest absolute Gasteiger partial charge is 0.174 e. The van der Waals surface area contributed by atoms with E-state index in [9.17, 15) is 5.11 Å². The number of aromatic nitrogens is 2. The molecule has 166 valence electrons. The summed E-state index contributed by atoms with van der Waals surface area (Å²) in [6.07, 6.45) is 1.80. The van der Waals surface area contributed by atoms with Crippen LogP contribution in [0.15, 0.2) is 83.5 Å². The van der Waals surface area contributed by atoms with Crippen LogP contribution in [0.3, 0.4) is 0 Å². The van der Waals surface area contributed by atoms with Gasteiger partial charge in [-0.2, -0.15) is 0 Å². The summed E-state index contributed by atoms with van der Waals surface area (Å²) >= 11 is 9.50. The number of aromatic hydroxyl groups is 1. The van der Waals surface area contributed by atoms with Gasteiger partial charge in [0.1, 0.15) is 5.75 Å². The lowest BCUT2D eigenvalue weighted by atomic mass is 9.96. The molecule has 4 aromatic rings. The van der Waals surface area contributed by atoms with E-state index in [4.69, 9.17) is 12.2 Å². The largest absolute Gasteiger partial charge is 0.506 e. The van der Waals surface area contributed by atoms with E-state index >= 15 is 0 Å². The predicted octanol–water partition coefficient (Wildman–Crippen LogP) is 6.13. The highest BCUT2D eigenvalue weighted by Crippen LogP contribution is 2.46. The molecule has 1 fully saturated rings. The van der Waals surface area contributed by atoms with Gasteiger partial charge in [0.2, 0.25) is 0 Å². The first-order chi connectivity index (χ1) is 16.0. The molecule has 2 N–H and O–H groups in total. The van der Waals surface area contributed by atoms with Crippen molar-refractivity contribution >= 4 is 38.9 Å². The number of pyridine rings is 1. The summed E-state index contributed by atoms with van der Waals surface area (Å²) < 4.78 is 3.27. The number of phenols is 1. The fraction of sp³-hybridized carbons (Fsp3) is 0.154. The molecule has 0 radical (unpaired) electrons. The highest BCUT2D eigenvalue weighted by atomic mass is 79.9. The number of rotatable bonds is 4. The lowest BCUT2D eigenvalue weighted by Crippen LogP contribution is -2.29. The maximum atomic E-state index is 10.7. The van der Waals surface area contributed by atoms with Gasteiger partial charge in [0, 0.05) is 22.1 Å². The average Bonchev–Trinajstić information content (AvgIpc) is 3.30. The molecular weight excluding hydrogens is 496 g/mol. The minimum absolute atomic E-state index is 0.175. The van der Waals surface area contributed by atoms with Crippen LogP contribution in [-0.2, 0) is 0 Å². The van der Waals surface area contributed by atoms with E-state index in [0.29, 0.717) is 10.8 Å². The van der Waals surface area contributed by atoms with Crippen LogP contribution in [0.5, 0.6) is 5.75 Å². The van der Waals surface area contributed by atoms with E-state index in [1.54, 1.807) is 12.3 Å². The van der Waals surface area contributed by atoms with E-state index in [2.05, 4.69) is 56.8 Å². The molecule has 0 saturated carbocycles. The van der Waals surface area contributed by atoms with E-state index in [1.807, 2.05) is 59.5 Å². The van der Waals surface area contributed by atoms with E-state index in [-0.39, 0.29) is 17.8 Å². The summed E-state index contributed by atoms with van der Waals surface area (Å²) in [6, 6.07) is 23.2. The number of para-hydroxylation sites is 3. The molecular formula is C26H23BrN4OS. The Balaban J connectivity index is 1.71. The van der Waals surface area contributed by atoms with Crippen LogP contribution in [0.1, 0.15) is 34.7 Å². The van der Waals surface area contributed by atoms with Crippen molar-refractivity contribution in [1.82, 2.24) is 14.9 Å². The molecule has 0 unspecified atom stereocenters. The zero-order valence-corrected chi connectivity index (χ0v) is 20.6. The first-order valence-corrected chi connectivity index (χ1v) is 11.9. The van der Waals surface area contributed by atoms with Gasteiger partial charge in [0.25, 0.3) is 0 Å². The molecule has 33 heavy (non-hydrogen) atoms. The van der Waals surface area contributed by atoms with Gasteiger partial charge in [-0.15, -0.1) is 0 Å². The third-order valence-electron chi connectivity index (χ3n) is 6.12. The molecule has 1 aliphatic heterocycles. The van der Waals surface area contributed by atoms with Crippen molar-refractivity contribution in [3.8, 4) is 11.4 Å². The van der Waals surface area contributed by atoms with Crippen molar-refractivity contribution in [3.05, 3.63) is 106 Å².